The van der Waals surface area contributed by atoms with Crippen LogP contribution in [0.3, 0.4) is 0 Å². The van der Waals surface area contributed by atoms with Crippen LogP contribution in [-0.4, -0.2) is 18.9 Å². The van der Waals surface area contributed by atoms with Gasteiger partial charge in [-0.2, -0.15) is 0 Å². The van der Waals surface area contributed by atoms with Crippen LogP contribution in [0.4, 0.5) is 0 Å². The molecule has 1 atom stereocenters. The molecule has 2 amide bonds. The van der Waals surface area contributed by atoms with E-state index in [1.165, 1.54) is 18.4 Å². The molecule has 0 spiro atoms. The van der Waals surface area contributed by atoms with Gasteiger partial charge in [0.2, 0.25) is 5.91 Å². The Kier molecular flexibility index (Phi) is 4.73. The molecule has 7 heteroatoms. The van der Waals surface area contributed by atoms with Gasteiger partial charge in [-0.05, 0) is 36.1 Å². The van der Waals surface area contributed by atoms with Crippen molar-refractivity contribution in [2.75, 3.05) is 7.11 Å². The first kappa shape index (κ1) is 16.3. The molecule has 116 valence electrons. The molecule has 2 rings (SSSR count). The number of nitrogens with one attached hydrogen (secondary N) is 1. The van der Waals surface area contributed by atoms with E-state index in [2.05, 4.69) is 5.32 Å². The monoisotopic (exact) mass is 338 g/mol. The summed E-state index contributed by atoms with van der Waals surface area (Å²) in [5, 5.41) is 4.85. The Morgan fingerprint density at radius 3 is 2.68 bits per heavy atom. The molecule has 0 unspecified atom stereocenters. The molecule has 1 aromatic carbocycles. The lowest BCUT2D eigenvalue weighted by molar-refractivity contribution is -0.123. The number of rotatable bonds is 5. The van der Waals surface area contributed by atoms with Crippen molar-refractivity contribution in [3.63, 3.8) is 0 Å². The Hall–Kier alpha value is -2.05. The van der Waals surface area contributed by atoms with E-state index < -0.39 is 17.4 Å². The van der Waals surface area contributed by atoms with Gasteiger partial charge in [0.05, 0.1) is 7.11 Å². The predicted octanol–water partition coefficient (Wildman–Crippen LogP) is 2.54. The van der Waals surface area contributed by atoms with Crippen LogP contribution in [0.25, 0.3) is 0 Å². The third-order valence-electron chi connectivity index (χ3n) is 3.31. The lowest BCUT2D eigenvalue weighted by Crippen LogP contribution is -2.52. The summed E-state index contributed by atoms with van der Waals surface area (Å²) < 4.78 is 5.12. The minimum Gasteiger partial charge on any atom is -0.495 e. The number of amides is 2. The quantitative estimate of drug-likeness (QED) is 0.879. The lowest BCUT2D eigenvalue weighted by atomic mass is 9.91. The highest BCUT2D eigenvalue weighted by Crippen LogP contribution is 2.28. The van der Waals surface area contributed by atoms with Crippen LogP contribution in [0.15, 0.2) is 35.7 Å². The predicted molar refractivity (Wildman–Crippen MR) is 86.3 cm³/mol. The van der Waals surface area contributed by atoms with Gasteiger partial charge in [0.1, 0.15) is 16.2 Å². The van der Waals surface area contributed by atoms with Crippen molar-refractivity contribution in [1.29, 1.82) is 0 Å². The molecule has 0 fully saturated rings. The molecule has 0 aliphatic carbocycles. The van der Waals surface area contributed by atoms with Crippen molar-refractivity contribution in [3.05, 3.63) is 51.2 Å². The van der Waals surface area contributed by atoms with Gasteiger partial charge >= 0.3 is 0 Å². The van der Waals surface area contributed by atoms with E-state index in [0.29, 0.717) is 21.2 Å². The lowest BCUT2D eigenvalue weighted by Gasteiger charge is -2.28. The normalized spacial score (nSPS) is 13.2. The third kappa shape index (κ3) is 3.08. The van der Waals surface area contributed by atoms with Gasteiger partial charge in [0, 0.05) is 5.02 Å². The van der Waals surface area contributed by atoms with Gasteiger partial charge in [0.25, 0.3) is 5.91 Å². The molecule has 0 saturated carbocycles. The fourth-order valence-electron chi connectivity index (χ4n) is 1.98. The summed E-state index contributed by atoms with van der Waals surface area (Å²) in [4.78, 5) is 24.7. The molecule has 0 aliphatic rings. The Balaban J connectivity index is 2.37. The molecule has 1 aromatic heterocycles. The average Bonchev–Trinajstić information content (AvgIpc) is 2.95. The minimum absolute atomic E-state index is 0.372. The van der Waals surface area contributed by atoms with E-state index in [1.807, 2.05) is 0 Å². The average molecular weight is 339 g/mol. The van der Waals surface area contributed by atoms with Gasteiger partial charge in [-0.25, -0.2) is 0 Å². The number of carbonyl (C=O) groups is 2. The number of halogens is 1. The second-order valence-corrected chi connectivity index (χ2v) is 6.12. The molecule has 0 saturated heterocycles. The Morgan fingerprint density at radius 1 is 1.36 bits per heavy atom. The van der Waals surface area contributed by atoms with Gasteiger partial charge in [0.15, 0.2) is 0 Å². The van der Waals surface area contributed by atoms with Crippen molar-refractivity contribution in [2.24, 2.45) is 5.73 Å². The van der Waals surface area contributed by atoms with Gasteiger partial charge in [-0.1, -0.05) is 23.7 Å². The number of hydrogen-bond donors (Lipinski definition) is 2. The van der Waals surface area contributed by atoms with Crippen LogP contribution in [0.5, 0.6) is 5.75 Å². The summed E-state index contributed by atoms with van der Waals surface area (Å²) >= 11 is 7.17. The Bertz CT molecular complexity index is 716. The van der Waals surface area contributed by atoms with E-state index >= 15 is 0 Å². The van der Waals surface area contributed by atoms with E-state index in [4.69, 9.17) is 22.1 Å². The summed E-state index contributed by atoms with van der Waals surface area (Å²) in [6.45, 7) is 1.54. The summed E-state index contributed by atoms with van der Waals surface area (Å²) in [6.07, 6.45) is 0. The molecule has 22 heavy (non-hydrogen) atoms. The number of ether oxygens (including phenoxy) is 1. The first-order valence-corrected chi connectivity index (χ1v) is 7.64. The zero-order chi connectivity index (χ0) is 16.3. The fraction of sp³-hybridized carbons (Fsp3) is 0.200. The molecule has 2 aromatic rings. The van der Waals surface area contributed by atoms with Crippen LogP contribution >= 0.6 is 22.9 Å². The zero-order valence-corrected chi connectivity index (χ0v) is 13.6. The standard InChI is InChI=1S/C15H15ClN2O3S/c1-15(14(17)20,9-4-3-5-10(16)8-9)18-13(19)12-11(21-2)6-7-22-12/h3-8H,1-2H3,(H2,17,20)(H,18,19)/t15-/m1/s1. The molecule has 1 heterocycles. The van der Waals surface area contributed by atoms with Gasteiger partial charge < -0.3 is 15.8 Å². The minimum atomic E-state index is -1.38. The number of carbonyl (C=O) groups excluding carboxylic acids is 2. The summed E-state index contributed by atoms with van der Waals surface area (Å²) in [5.74, 6) is -0.674. The van der Waals surface area contributed by atoms with Crippen molar-refractivity contribution in [2.45, 2.75) is 12.5 Å². The van der Waals surface area contributed by atoms with Gasteiger partial charge in [-0.3, -0.25) is 9.59 Å². The SMILES string of the molecule is COc1ccsc1C(=O)N[C@@](C)(C(N)=O)c1cccc(Cl)c1. The number of benzene rings is 1. The number of thiophene rings is 1. The topological polar surface area (TPSA) is 81.4 Å². The van der Waals surface area contributed by atoms with E-state index in [9.17, 15) is 9.59 Å². The third-order valence-corrected chi connectivity index (χ3v) is 4.44. The van der Waals surface area contributed by atoms with Crippen LogP contribution in [0.2, 0.25) is 5.02 Å². The molecule has 0 radical (unpaired) electrons. The van der Waals surface area contributed by atoms with Crippen molar-refractivity contribution >= 4 is 34.8 Å². The van der Waals surface area contributed by atoms with Crippen LogP contribution in [0, 0.1) is 0 Å². The van der Waals surface area contributed by atoms with Gasteiger partial charge in [-0.15, -0.1) is 11.3 Å². The highest BCUT2D eigenvalue weighted by atomic mass is 35.5. The zero-order valence-electron chi connectivity index (χ0n) is 12.1. The molecular weight excluding hydrogens is 324 g/mol. The molecule has 5 nitrogen and oxygen atoms in total. The first-order chi connectivity index (χ1) is 10.4. The maximum absolute atomic E-state index is 12.4. The second kappa shape index (κ2) is 6.37. The highest BCUT2D eigenvalue weighted by molar-refractivity contribution is 7.12. The maximum atomic E-state index is 12.4. The fourth-order valence-corrected chi connectivity index (χ4v) is 2.93. The summed E-state index contributed by atoms with van der Waals surface area (Å²) in [5.41, 5.74) is 4.63. The summed E-state index contributed by atoms with van der Waals surface area (Å²) in [7, 11) is 1.48. The van der Waals surface area contributed by atoms with Crippen molar-refractivity contribution in [1.82, 2.24) is 5.32 Å². The second-order valence-electron chi connectivity index (χ2n) is 4.77. The van der Waals surface area contributed by atoms with Crippen LogP contribution < -0.4 is 15.8 Å². The van der Waals surface area contributed by atoms with E-state index in [0.717, 1.165) is 0 Å². The number of methoxy groups -OCH3 is 1. The van der Waals surface area contributed by atoms with Crippen LogP contribution in [-0.2, 0) is 10.3 Å². The molecule has 0 aliphatic heterocycles. The smallest absolute Gasteiger partial charge is 0.266 e. The maximum Gasteiger partial charge on any atom is 0.266 e. The van der Waals surface area contributed by atoms with E-state index in [1.54, 1.807) is 42.6 Å². The number of primary amides is 1. The summed E-state index contributed by atoms with van der Waals surface area (Å²) in [6, 6.07) is 8.33. The van der Waals surface area contributed by atoms with Crippen molar-refractivity contribution < 1.29 is 14.3 Å². The Labute approximate surface area is 137 Å². The van der Waals surface area contributed by atoms with Crippen molar-refractivity contribution in [3.8, 4) is 5.75 Å². The first-order valence-electron chi connectivity index (χ1n) is 6.38. The number of nitrogens with two attached hydrogens (primary N) is 1. The van der Waals surface area contributed by atoms with E-state index in [-0.39, 0.29) is 0 Å². The van der Waals surface area contributed by atoms with Crippen LogP contribution in [0.1, 0.15) is 22.2 Å². The largest absolute Gasteiger partial charge is 0.495 e. The molecule has 0 bridgehead atoms. The Morgan fingerprint density at radius 2 is 2.09 bits per heavy atom. The highest BCUT2D eigenvalue weighted by Gasteiger charge is 2.36. The molecular formula is C15H15ClN2O3S. The number of hydrogen-bond acceptors (Lipinski definition) is 4. The molecule has 3 N–H and O–H groups in total.